The predicted molar refractivity (Wildman–Crippen MR) is 61.5 cm³/mol. The van der Waals surface area contributed by atoms with Gasteiger partial charge in [0.15, 0.2) is 0 Å². The van der Waals surface area contributed by atoms with E-state index in [1.54, 1.807) is 0 Å². The topological polar surface area (TPSA) is 58.4 Å². The molecule has 1 saturated heterocycles. The molecule has 15 heavy (non-hydrogen) atoms. The van der Waals surface area contributed by atoms with Crippen LogP contribution in [0, 0.1) is 0 Å². The fourth-order valence-electron chi connectivity index (χ4n) is 1.95. The molecule has 1 aliphatic heterocycles. The lowest BCUT2D eigenvalue weighted by molar-refractivity contribution is -0.123. The molecule has 1 amide bonds. The van der Waals surface area contributed by atoms with Crippen LogP contribution < -0.4 is 11.1 Å². The molecule has 3 N–H and O–H groups in total. The van der Waals surface area contributed by atoms with E-state index < -0.39 is 0 Å². The van der Waals surface area contributed by atoms with Crippen LogP contribution in [0.15, 0.2) is 0 Å². The molecule has 1 heterocycles. The van der Waals surface area contributed by atoms with E-state index in [0.29, 0.717) is 12.5 Å². The van der Waals surface area contributed by atoms with E-state index in [-0.39, 0.29) is 11.9 Å². The molecule has 0 bridgehead atoms. The zero-order valence-electron chi connectivity index (χ0n) is 9.83. The number of piperidine rings is 1. The van der Waals surface area contributed by atoms with Gasteiger partial charge in [0.1, 0.15) is 0 Å². The van der Waals surface area contributed by atoms with Crippen LogP contribution in [-0.2, 0) is 4.79 Å². The van der Waals surface area contributed by atoms with E-state index >= 15 is 0 Å². The number of nitrogens with zero attached hydrogens (tertiary/aromatic N) is 1. The molecule has 88 valence electrons. The van der Waals surface area contributed by atoms with Gasteiger partial charge in [0.05, 0.1) is 6.04 Å². The SMILES string of the molecule is CC[C@@H](N)C(=O)NC1CCCN(CC)C1. The smallest absolute Gasteiger partial charge is 0.237 e. The van der Waals surface area contributed by atoms with Crippen LogP contribution in [0.25, 0.3) is 0 Å². The summed E-state index contributed by atoms with van der Waals surface area (Å²) in [7, 11) is 0. The standard InChI is InChI=1S/C11H23N3O/c1-3-10(12)11(15)13-9-6-5-7-14(4-2)8-9/h9-10H,3-8,12H2,1-2H3,(H,13,15)/t9?,10-/m1/s1. The van der Waals surface area contributed by atoms with Gasteiger partial charge in [-0.3, -0.25) is 4.79 Å². The summed E-state index contributed by atoms with van der Waals surface area (Å²) in [6.07, 6.45) is 2.95. The van der Waals surface area contributed by atoms with Crippen LogP contribution in [0.5, 0.6) is 0 Å². The highest BCUT2D eigenvalue weighted by molar-refractivity contribution is 5.81. The lowest BCUT2D eigenvalue weighted by Crippen LogP contribution is -2.51. The lowest BCUT2D eigenvalue weighted by atomic mass is 10.1. The van der Waals surface area contributed by atoms with Crippen LogP contribution in [0.1, 0.15) is 33.1 Å². The van der Waals surface area contributed by atoms with Crippen LogP contribution in [0.4, 0.5) is 0 Å². The van der Waals surface area contributed by atoms with Gasteiger partial charge in [0.25, 0.3) is 0 Å². The number of rotatable bonds is 4. The summed E-state index contributed by atoms with van der Waals surface area (Å²) < 4.78 is 0. The molecule has 0 aromatic carbocycles. The van der Waals surface area contributed by atoms with Gasteiger partial charge >= 0.3 is 0 Å². The molecule has 0 saturated carbocycles. The summed E-state index contributed by atoms with van der Waals surface area (Å²) in [6, 6.07) is -0.0502. The van der Waals surface area contributed by atoms with E-state index in [1.807, 2.05) is 6.92 Å². The Hall–Kier alpha value is -0.610. The maximum absolute atomic E-state index is 11.6. The zero-order chi connectivity index (χ0) is 11.3. The molecular weight excluding hydrogens is 190 g/mol. The first-order chi connectivity index (χ1) is 7.17. The van der Waals surface area contributed by atoms with E-state index in [9.17, 15) is 4.79 Å². The quantitative estimate of drug-likeness (QED) is 0.707. The minimum atomic E-state index is -0.345. The van der Waals surface area contributed by atoms with Crippen molar-refractivity contribution in [1.29, 1.82) is 0 Å². The van der Waals surface area contributed by atoms with Crippen molar-refractivity contribution in [1.82, 2.24) is 10.2 Å². The van der Waals surface area contributed by atoms with Gasteiger partial charge in [-0.05, 0) is 32.4 Å². The van der Waals surface area contributed by atoms with E-state index in [4.69, 9.17) is 5.73 Å². The number of likely N-dealkylation sites (tertiary alicyclic amines) is 1. The van der Waals surface area contributed by atoms with Gasteiger partial charge in [-0.25, -0.2) is 0 Å². The monoisotopic (exact) mass is 213 g/mol. The van der Waals surface area contributed by atoms with Gasteiger partial charge in [-0.2, -0.15) is 0 Å². The highest BCUT2D eigenvalue weighted by Crippen LogP contribution is 2.09. The molecule has 0 spiro atoms. The van der Waals surface area contributed by atoms with Gasteiger partial charge in [0, 0.05) is 12.6 Å². The molecule has 0 aliphatic carbocycles. The van der Waals surface area contributed by atoms with Crippen LogP contribution in [0.3, 0.4) is 0 Å². The van der Waals surface area contributed by atoms with E-state index in [1.165, 1.54) is 6.42 Å². The minimum Gasteiger partial charge on any atom is -0.351 e. The Kier molecular flexibility index (Phi) is 5.05. The predicted octanol–water partition coefficient (Wildman–Crippen LogP) is 0.324. The summed E-state index contributed by atoms with van der Waals surface area (Å²) in [5.74, 6) is 0.000420. The van der Waals surface area contributed by atoms with Crippen molar-refractivity contribution in [2.75, 3.05) is 19.6 Å². The molecule has 0 aromatic rings. The van der Waals surface area contributed by atoms with Crippen molar-refractivity contribution in [3.05, 3.63) is 0 Å². The highest BCUT2D eigenvalue weighted by Gasteiger charge is 2.21. The minimum absolute atomic E-state index is 0.000420. The third kappa shape index (κ3) is 3.80. The van der Waals surface area contributed by atoms with Gasteiger partial charge in [-0.1, -0.05) is 13.8 Å². The van der Waals surface area contributed by atoms with Gasteiger partial charge in [0.2, 0.25) is 5.91 Å². The first-order valence-electron chi connectivity index (χ1n) is 5.95. The fourth-order valence-corrected chi connectivity index (χ4v) is 1.95. The summed E-state index contributed by atoms with van der Waals surface area (Å²) >= 11 is 0. The number of hydrogen-bond donors (Lipinski definition) is 2. The number of hydrogen-bond acceptors (Lipinski definition) is 3. The molecule has 1 aliphatic rings. The van der Waals surface area contributed by atoms with Crippen molar-refractivity contribution in [2.45, 2.75) is 45.2 Å². The third-order valence-corrected chi connectivity index (χ3v) is 3.08. The molecule has 1 fully saturated rings. The Bertz CT molecular complexity index is 208. The van der Waals surface area contributed by atoms with Crippen LogP contribution >= 0.6 is 0 Å². The summed E-state index contributed by atoms with van der Waals surface area (Å²) in [6.45, 7) is 7.28. The molecule has 0 radical (unpaired) electrons. The number of amides is 1. The van der Waals surface area contributed by atoms with Gasteiger partial charge < -0.3 is 16.0 Å². The van der Waals surface area contributed by atoms with Gasteiger partial charge in [-0.15, -0.1) is 0 Å². The average Bonchev–Trinajstić information content (AvgIpc) is 2.28. The lowest BCUT2D eigenvalue weighted by Gasteiger charge is -2.32. The second-order valence-electron chi connectivity index (χ2n) is 4.26. The number of nitrogens with one attached hydrogen (secondary N) is 1. The van der Waals surface area contributed by atoms with E-state index in [2.05, 4.69) is 17.1 Å². The maximum Gasteiger partial charge on any atom is 0.237 e. The Balaban J connectivity index is 2.34. The second kappa shape index (κ2) is 6.08. The van der Waals surface area contributed by atoms with Crippen molar-refractivity contribution < 1.29 is 4.79 Å². The molecule has 4 heteroatoms. The molecule has 0 aromatic heterocycles. The maximum atomic E-state index is 11.6. The van der Waals surface area contributed by atoms with Crippen LogP contribution in [0.2, 0.25) is 0 Å². The van der Waals surface area contributed by atoms with Crippen LogP contribution in [-0.4, -0.2) is 42.5 Å². The van der Waals surface area contributed by atoms with Crippen molar-refractivity contribution in [2.24, 2.45) is 5.73 Å². The summed E-state index contributed by atoms with van der Waals surface area (Å²) in [4.78, 5) is 13.9. The number of carbonyl (C=O) groups excluding carboxylic acids is 1. The Morgan fingerprint density at radius 1 is 1.60 bits per heavy atom. The molecular formula is C11H23N3O. The normalized spacial score (nSPS) is 24.9. The third-order valence-electron chi connectivity index (χ3n) is 3.08. The molecule has 1 rings (SSSR count). The summed E-state index contributed by atoms with van der Waals surface area (Å²) in [5, 5.41) is 3.03. The number of carbonyl (C=O) groups is 1. The van der Waals surface area contributed by atoms with Crippen molar-refractivity contribution in [3.63, 3.8) is 0 Å². The summed E-state index contributed by atoms with van der Waals surface area (Å²) in [5.41, 5.74) is 5.68. The number of nitrogens with two attached hydrogens (primary N) is 1. The first kappa shape index (κ1) is 12.5. The molecule has 4 nitrogen and oxygen atoms in total. The zero-order valence-corrected chi connectivity index (χ0v) is 9.83. The van der Waals surface area contributed by atoms with Crippen molar-refractivity contribution >= 4 is 5.91 Å². The first-order valence-corrected chi connectivity index (χ1v) is 5.95. The largest absolute Gasteiger partial charge is 0.351 e. The Morgan fingerprint density at radius 2 is 2.33 bits per heavy atom. The van der Waals surface area contributed by atoms with E-state index in [0.717, 1.165) is 26.1 Å². The molecule has 2 atom stereocenters. The number of likely N-dealkylation sites (N-methyl/N-ethyl adjacent to an activating group) is 1. The Labute approximate surface area is 92.2 Å². The molecule has 1 unspecified atom stereocenters. The Morgan fingerprint density at radius 3 is 2.93 bits per heavy atom. The highest BCUT2D eigenvalue weighted by atomic mass is 16.2. The fraction of sp³-hybridized carbons (Fsp3) is 0.909. The van der Waals surface area contributed by atoms with Crippen molar-refractivity contribution in [3.8, 4) is 0 Å². The average molecular weight is 213 g/mol. The second-order valence-corrected chi connectivity index (χ2v) is 4.26.